The molecule has 1 unspecified atom stereocenters. The largest absolute Gasteiger partial charge is 0.300 e. The molecular weight excluding hydrogens is 256 g/mol. The molecule has 0 aromatic heterocycles. The van der Waals surface area contributed by atoms with Gasteiger partial charge in [0.25, 0.3) is 0 Å². The molecule has 0 saturated heterocycles. The molecule has 0 fully saturated rings. The molecular formula is C20H34O. The van der Waals surface area contributed by atoms with E-state index in [0.29, 0.717) is 0 Å². The number of carbonyl (C=O) groups is 1. The predicted octanol–water partition coefficient (Wildman–Crippen LogP) is 5.92. The van der Waals surface area contributed by atoms with Gasteiger partial charge >= 0.3 is 0 Å². The van der Waals surface area contributed by atoms with Crippen LogP contribution in [0.25, 0.3) is 0 Å². The number of rotatable bonds is 7. The summed E-state index contributed by atoms with van der Waals surface area (Å²) in [5, 5.41) is 0. The Morgan fingerprint density at radius 1 is 1.00 bits per heavy atom. The molecule has 1 heteroatoms. The zero-order chi connectivity index (χ0) is 16.3. The van der Waals surface area contributed by atoms with E-state index in [1.165, 1.54) is 24.8 Å². The van der Waals surface area contributed by atoms with Crippen LogP contribution in [0.1, 0.15) is 66.4 Å². The van der Waals surface area contributed by atoms with Gasteiger partial charge in [-0.05, 0) is 37.2 Å². The van der Waals surface area contributed by atoms with Crippen molar-refractivity contribution >= 4 is 5.78 Å². The Hall–Kier alpha value is -1.11. The molecule has 1 rings (SSSR count). The lowest BCUT2D eigenvalue weighted by atomic mass is 9.93. The molecule has 1 nitrogen and oxygen atoms in total. The lowest BCUT2D eigenvalue weighted by molar-refractivity contribution is -0.120. The highest BCUT2D eigenvalue weighted by Gasteiger charge is 2.07. The first-order valence-electron chi connectivity index (χ1n) is 8.44. The lowest BCUT2D eigenvalue weighted by Gasteiger charge is -2.13. The smallest absolute Gasteiger partial charge is 0.132 e. The predicted molar refractivity (Wildman–Crippen MR) is 93.5 cm³/mol. The van der Waals surface area contributed by atoms with E-state index in [2.05, 4.69) is 39.8 Å². The second-order valence-corrected chi connectivity index (χ2v) is 6.51. The third kappa shape index (κ3) is 10.3. The number of Topliss-reactive ketones (excluding diaryl/α,β-unsaturated/α-hetero) is 1. The first-order chi connectivity index (χ1) is 9.90. The maximum Gasteiger partial charge on any atom is 0.132 e. The van der Waals surface area contributed by atoms with E-state index < -0.39 is 0 Å². The standard InChI is InChI=1S/C11H14O.C9H20/c1-9(10(2)12)8-11-6-4-3-5-7-11;1-5-9(6-2)7-8(3)4/h3-7,9H,8H2,1-2H3;8-9H,5-7H2,1-4H3. The molecule has 120 valence electrons. The number of hydrogen-bond donors (Lipinski definition) is 0. The Morgan fingerprint density at radius 3 is 1.86 bits per heavy atom. The minimum absolute atomic E-state index is 0.146. The van der Waals surface area contributed by atoms with Gasteiger partial charge in [0.1, 0.15) is 5.78 Å². The van der Waals surface area contributed by atoms with Crippen molar-refractivity contribution in [2.24, 2.45) is 17.8 Å². The summed E-state index contributed by atoms with van der Waals surface area (Å²) in [4.78, 5) is 10.9. The van der Waals surface area contributed by atoms with E-state index in [0.717, 1.165) is 18.3 Å². The molecule has 0 bridgehead atoms. The van der Waals surface area contributed by atoms with Gasteiger partial charge in [-0.1, -0.05) is 77.8 Å². The molecule has 0 saturated carbocycles. The van der Waals surface area contributed by atoms with Crippen molar-refractivity contribution in [3.05, 3.63) is 35.9 Å². The van der Waals surface area contributed by atoms with Gasteiger partial charge in [-0.25, -0.2) is 0 Å². The van der Waals surface area contributed by atoms with Gasteiger partial charge in [0.2, 0.25) is 0 Å². The topological polar surface area (TPSA) is 17.1 Å². The number of hydrogen-bond acceptors (Lipinski definition) is 1. The molecule has 0 radical (unpaired) electrons. The van der Waals surface area contributed by atoms with Crippen LogP contribution in [-0.2, 0) is 11.2 Å². The van der Waals surface area contributed by atoms with E-state index >= 15 is 0 Å². The van der Waals surface area contributed by atoms with Crippen LogP contribution in [-0.4, -0.2) is 5.78 Å². The van der Waals surface area contributed by atoms with E-state index in [9.17, 15) is 4.79 Å². The van der Waals surface area contributed by atoms with E-state index in [1.54, 1.807) is 6.92 Å². The molecule has 0 aliphatic heterocycles. The summed E-state index contributed by atoms with van der Waals surface area (Å²) < 4.78 is 0. The minimum atomic E-state index is 0.146. The summed E-state index contributed by atoms with van der Waals surface area (Å²) in [5.74, 6) is 2.27. The maximum atomic E-state index is 10.9. The summed E-state index contributed by atoms with van der Waals surface area (Å²) >= 11 is 0. The molecule has 0 N–H and O–H groups in total. The molecule has 0 aliphatic carbocycles. The average molecular weight is 290 g/mol. The monoisotopic (exact) mass is 290 g/mol. The van der Waals surface area contributed by atoms with Crippen molar-refractivity contribution in [1.82, 2.24) is 0 Å². The second kappa shape index (κ2) is 11.5. The molecule has 0 aliphatic rings. The second-order valence-electron chi connectivity index (χ2n) is 6.51. The fraction of sp³-hybridized carbons (Fsp3) is 0.650. The minimum Gasteiger partial charge on any atom is -0.300 e. The highest BCUT2D eigenvalue weighted by atomic mass is 16.1. The van der Waals surface area contributed by atoms with Crippen molar-refractivity contribution < 1.29 is 4.79 Å². The van der Waals surface area contributed by atoms with Gasteiger partial charge < -0.3 is 0 Å². The summed E-state index contributed by atoms with van der Waals surface area (Å²) in [7, 11) is 0. The fourth-order valence-corrected chi connectivity index (χ4v) is 2.40. The van der Waals surface area contributed by atoms with Gasteiger partial charge in [-0.3, -0.25) is 4.79 Å². The van der Waals surface area contributed by atoms with Crippen molar-refractivity contribution in [2.75, 3.05) is 0 Å². The van der Waals surface area contributed by atoms with Crippen LogP contribution in [0.3, 0.4) is 0 Å². The molecule has 0 amide bonds. The number of benzene rings is 1. The highest BCUT2D eigenvalue weighted by molar-refractivity contribution is 5.78. The van der Waals surface area contributed by atoms with Gasteiger partial charge in [0.15, 0.2) is 0 Å². The van der Waals surface area contributed by atoms with E-state index in [4.69, 9.17) is 0 Å². The van der Waals surface area contributed by atoms with Crippen LogP contribution in [0.2, 0.25) is 0 Å². The first-order valence-corrected chi connectivity index (χ1v) is 8.44. The number of carbonyl (C=O) groups excluding carboxylic acids is 1. The first kappa shape index (κ1) is 19.9. The van der Waals surface area contributed by atoms with Gasteiger partial charge in [0, 0.05) is 5.92 Å². The van der Waals surface area contributed by atoms with E-state index in [1.807, 2.05) is 25.1 Å². The van der Waals surface area contributed by atoms with Gasteiger partial charge in [-0.2, -0.15) is 0 Å². The van der Waals surface area contributed by atoms with Crippen LogP contribution < -0.4 is 0 Å². The molecule has 1 atom stereocenters. The van der Waals surface area contributed by atoms with Crippen LogP contribution >= 0.6 is 0 Å². The van der Waals surface area contributed by atoms with Gasteiger partial charge in [0.05, 0.1) is 0 Å². The van der Waals surface area contributed by atoms with Crippen LogP contribution in [0.4, 0.5) is 0 Å². The summed E-state index contributed by atoms with van der Waals surface area (Å²) in [5.41, 5.74) is 1.24. The Morgan fingerprint density at radius 2 is 1.52 bits per heavy atom. The third-order valence-corrected chi connectivity index (χ3v) is 4.04. The fourth-order valence-electron chi connectivity index (χ4n) is 2.40. The molecule has 0 heterocycles. The zero-order valence-electron chi connectivity index (χ0n) is 14.9. The van der Waals surface area contributed by atoms with Crippen LogP contribution in [0, 0.1) is 17.8 Å². The van der Waals surface area contributed by atoms with Crippen molar-refractivity contribution in [3.63, 3.8) is 0 Å². The average Bonchev–Trinajstić information content (AvgIpc) is 2.46. The van der Waals surface area contributed by atoms with Gasteiger partial charge in [-0.15, -0.1) is 0 Å². The van der Waals surface area contributed by atoms with E-state index in [-0.39, 0.29) is 11.7 Å². The molecule has 0 spiro atoms. The van der Waals surface area contributed by atoms with Crippen molar-refractivity contribution in [1.29, 1.82) is 0 Å². The molecule has 21 heavy (non-hydrogen) atoms. The summed E-state index contributed by atoms with van der Waals surface area (Å²) in [6.07, 6.45) is 4.98. The quantitative estimate of drug-likeness (QED) is 0.609. The number of ketones is 1. The van der Waals surface area contributed by atoms with Crippen LogP contribution in [0.15, 0.2) is 30.3 Å². The Bertz CT molecular complexity index is 363. The van der Waals surface area contributed by atoms with Crippen molar-refractivity contribution in [3.8, 4) is 0 Å². The SMILES string of the molecule is CC(=O)C(C)Cc1ccccc1.CCC(CC)CC(C)C. The lowest BCUT2D eigenvalue weighted by Crippen LogP contribution is -2.09. The molecule has 1 aromatic rings. The Balaban J connectivity index is 0.000000400. The Labute approximate surface area is 132 Å². The third-order valence-electron chi connectivity index (χ3n) is 4.04. The molecule has 1 aromatic carbocycles. The summed E-state index contributed by atoms with van der Waals surface area (Å²) in [6, 6.07) is 10.1. The zero-order valence-corrected chi connectivity index (χ0v) is 14.9. The normalized spacial score (nSPS) is 12.0. The Kier molecular flexibility index (Phi) is 10.9. The van der Waals surface area contributed by atoms with Crippen molar-refractivity contribution in [2.45, 2.75) is 67.2 Å². The van der Waals surface area contributed by atoms with Crippen LogP contribution in [0.5, 0.6) is 0 Å². The highest BCUT2D eigenvalue weighted by Crippen LogP contribution is 2.17. The summed E-state index contributed by atoms with van der Waals surface area (Å²) in [6.45, 7) is 12.8. The maximum absolute atomic E-state index is 10.9.